The molecule has 2 aromatic rings. The predicted octanol–water partition coefficient (Wildman–Crippen LogP) is 4.09. The number of benzene rings is 1. The van der Waals surface area contributed by atoms with Crippen molar-refractivity contribution in [1.29, 1.82) is 5.26 Å². The van der Waals surface area contributed by atoms with Crippen LogP contribution in [0.2, 0.25) is 0 Å². The van der Waals surface area contributed by atoms with Crippen LogP contribution in [-0.2, 0) is 0 Å². The highest BCUT2D eigenvalue weighted by Crippen LogP contribution is 2.25. The summed E-state index contributed by atoms with van der Waals surface area (Å²) in [5.74, 6) is 0.824. The lowest BCUT2D eigenvalue weighted by Gasteiger charge is -2.13. The zero-order chi connectivity index (χ0) is 12.3. The predicted molar refractivity (Wildman–Crippen MR) is 69.6 cm³/mol. The van der Waals surface area contributed by atoms with Gasteiger partial charge in [-0.3, -0.25) is 0 Å². The van der Waals surface area contributed by atoms with Gasteiger partial charge in [-0.2, -0.15) is 5.26 Å². The molecule has 2 rings (SSSR count). The average molecular weight is 291 g/mol. The molecule has 1 atom stereocenters. The second kappa shape index (κ2) is 5.07. The van der Waals surface area contributed by atoms with Gasteiger partial charge in [-0.25, -0.2) is 0 Å². The van der Waals surface area contributed by atoms with E-state index in [-0.39, 0.29) is 6.04 Å². The van der Waals surface area contributed by atoms with Gasteiger partial charge in [0.05, 0.1) is 17.3 Å². The lowest BCUT2D eigenvalue weighted by atomic mass is 10.1. The summed E-state index contributed by atoms with van der Waals surface area (Å²) in [5, 5.41) is 12.2. The van der Waals surface area contributed by atoms with Crippen LogP contribution in [0, 0.1) is 11.3 Å². The molecule has 1 heterocycles. The van der Waals surface area contributed by atoms with E-state index in [1.165, 1.54) is 0 Å². The monoisotopic (exact) mass is 290 g/mol. The highest BCUT2D eigenvalue weighted by Gasteiger charge is 2.11. The van der Waals surface area contributed by atoms with Gasteiger partial charge in [0.15, 0.2) is 4.67 Å². The quantitative estimate of drug-likeness (QED) is 0.926. The smallest absolute Gasteiger partial charge is 0.169 e. The van der Waals surface area contributed by atoms with Crippen LogP contribution < -0.4 is 5.32 Å². The van der Waals surface area contributed by atoms with Gasteiger partial charge in [-0.15, -0.1) is 0 Å². The van der Waals surface area contributed by atoms with Crippen LogP contribution in [0.3, 0.4) is 0 Å². The van der Waals surface area contributed by atoms with Crippen molar-refractivity contribution in [2.75, 3.05) is 5.32 Å². The fourth-order valence-corrected chi connectivity index (χ4v) is 1.89. The number of hydrogen-bond donors (Lipinski definition) is 1. The van der Waals surface area contributed by atoms with Crippen LogP contribution in [0.5, 0.6) is 0 Å². The third-order valence-electron chi connectivity index (χ3n) is 2.44. The molecule has 0 spiro atoms. The van der Waals surface area contributed by atoms with Crippen LogP contribution in [0.4, 0.5) is 5.69 Å². The van der Waals surface area contributed by atoms with Crippen LogP contribution >= 0.6 is 15.9 Å². The molecule has 0 bridgehead atoms. The summed E-state index contributed by atoms with van der Waals surface area (Å²) < 4.78 is 6.17. The minimum atomic E-state index is 0.0100. The summed E-state index contributed by atoms with van der Waals surface area (Å²) >= 11 is 3.27. The molecule has 1 aromatic carbocycles. The Hall–Kier alpha value is -1.73. The van der Waals surface area contributed by atoms with Gasteiger partial charge < -0.3 is 9.73 Å². The summed E-state index contributed by atoms with van der Waals surface area (Å²) in [6.45, 7) is 1.99. The number of nitrogens with zero attached hydrogens (tertiary/aromatic N) is 1. The molecule has 0 saturated carbocycles. The number of nitrogens with one attached hydrogen (secondary N) is 1. The zero-order valence-electron chi connectivity index (χ0n) is 9.27. The van der Waals surface area contributed by atoms with Crippen molar-refractivity contribution in [3.63, 3.8) is 0 Å². The number of furan rings is 1. The van der Waals surface area contributed by atoms with Crippen molar-refractivity contribution in [3.05, 3.63) is 52.4 Å². The lowest BCUT2D eigenvalue weighted by molar-refractivity contribution is 0.471. The number of halogens is 1. The maximum absolute atomic E-state index is 8.99. The van der Waals surface area contributed by atoms with Crippen molar-refractivity contribution in [2.45, 2.75) is 13.0 Å². The molecule has 0 aliphatic heterocycles. The SMILES string of the molecule is CC(Nc1ccccc1C#N)c1ccc(Br)o1. The molecule has 0 fully saturated rings. The van der Waals surface area contributed by atoms with E-state index in [2.05, 4.69) is 27.3 Å². The van der Waals surface area contributed by atoms with Crippen LogP contribution in [0.15, 0.2) is 45.5 Å². The van der Waals surface area contributed by atoms with Crippen molar-refractivity contribution in [1.82, 2.24) is 0 Å². The molecule has 0 radical (unpaired) electrons. The fraction of sp³-hybridized carbons (Fsp3) is 0.154. The molecule has 0 aliphatic rings. The first-order chi connectivity index (χ1) is 8.20. The molecule has 1 N–H and O–H groups in total. The Morgan fingerprint density at radius 3 is 2.71 bits per heavy atom. The molecule has 4 heteroatoms. The van der Waals surface area contributed by atoms with E-state index in [9.17, 15) is 0 Å². The summed E-state index contributed by atoms with van der Waals surface area (Å²) in [6.07, 6.45) is 0. The first kappa shape index (κ1) is 11.7. The molecule has 1 aromatic heterocycles. The Kier molecular flexibility index (Phi) is 3.50. The molecule has 0 aliphatic carbocycles. The summed E-state index contributed by atoms with van der Waals surface area (Å²) in [7, 11) is 0. The molecular formula is C13H11BrN2O. The van der Waals surface area contributed by atoms with E-state index in [1.807, 2.05) is 37.3 Å². The van der Waals surface area contributed by atoms with Crippen LogP contribution in [0.25, 0.3) is 0 Å². The number of nitriles is 1. The number of para-hydroxylation sites is 1. The third-order valence-corrected chi connectivity index (χ3v) is 2.87. The lowest BCUT2D eigenvalue weighted by Crippen LogP contribution is -2.06. The van der Waals surface area contributed by atoms with E-state index in [0.717, 1.165) is 11.4 Å². The van der Waals surface area contributed by atoms with Crippen molar-refractivity contribution in [2.24, 2.45) is 0 Å². The highest BCUT2D eigenvalue weighted by molar-refractivity contribution is 9.10. The second-order valence-electron chi connectivity index (χ2n) is 3.67. The normalized spacial score (nSPS) is 11.8. The topological polar surface area (TPSA) is 49.0 Å². The minimum absolute atomic E-state index is 0.0100. The third kappa shape index (κ3) is 2.69. The number of hydrogen-bond acceptors (Lipinski definition) is 3. The van der Waals surface area contributed by atoms with Gasteiger partial charge in [-0.05, 0) is 47.1 Å². The molecule has 17 heavy (non-hydrogen) atoms. The van der Waals surface area contributed by atoms with E-state index in [1.54, 1.807) is 6.07 Å². The van der Waals surface area contributed by atoms with Gasteiger partial charge in [0.25, 0.3) is 0 Å². The van der Waals surface area contributed by atoms with E-state index < -0.39 is 0 Å². The van der Waals surface area contributed by atoms with Gasteiger partial charge in [0.2, 0.25) is 0 Å². The van der Waals surface area contributed by atoms with Crippen molar-refractivity contribution in [3.8, 4) is 6.07 Å². The minimum Gasteiger partial charge on any atom is -0.452 e. The Labute approximate surface area is 108 Å². The fourth-order valence-electron chi connectivity index (χ4n) is 1.57. The van der Waals surface area contributed by atoms with E-state index in [4.69, 9.17) is 9.68 Å². The molecule has 1 unspecified atom stereocenters. The highest BCUT2D eigenvalue weighted by atomic mass is 79.9. The first-order valence-electron chi connectivity index (χ1n) is 5.21. The van der Waals surface area contributed by atoms with Crippen LogP contribution in [-0.4, -0.2) is 0 Å². The zero-order valence-corrected chi connectivity index (χ0v) is 10.9. The Balaban J connectivity index is 2.19. The van der Waals surface area contributed by atoms with Gasteiger partial charge >= 0.3 is 0 Å². The molecule has 0 saturated heterocycles. The van der Waals surface area contributed by atoms with Gasteiger partial charge in [0.1, 0.15) is 11.8 Å². The Morgan fingerprint density at radius 2 is 2.06 bits per heavy atom. The maximum Gasteiger partial charge on any atom is 0.169 e. The summed E-state index contributed by atoms with van der Waals surface area (Å²) in [5.41, 5.74) is 1.44. The number of anilines is 1. The average Bonchev–Trinajstić information content (AvgIpc) is 2.77. The summed E-state index contributed by atoms with van der Waals surface area (Å²) in [6, 6.07) is 13.3. The van der Waals surface area contributed by atoms with E-state index in [0.29, 0.717) is 10.2 Å². The van der Waals surface area contributed by atoms with Gasteiger partial charge in [0, 0.05) is 0 Å². The van der Waals surface area contributed by atoms with Gasteiger partial charge in [-0.1, -0.05) is 12.1 Å². The largest absolute Gasteiger partial charge is 0.452 e. The van der Waals surface area contributed by atoms with E-state index >= 15 is 0 Å². The Bertz CT molecular complexity index is 557. The van der Waals surface area contributed by atoms with Crippen molar-refractivity contribution < 1.29 is 4.42 Å². The molecule has 3 nitrogen and oxygen atoms in total. The molecule has 86 valence electrons. The van der Waals surface area contributed by atoms with Crippen LogP contribution in [0.1, 0.15) is 24.3 Å². The second-order valence-corrected chi connectivity index (χ2v) is 4.45. The maximum atomic E-state index is 8.99. The van der Waals surface area contributed by atoms with Crippen molar-refractivity contribution >= 4 is 21.6 Å². The standard InChI is InChI=1S/C13H11BrN2O/c1-9(12-6-7-13(14)17-12)16-11-5-3-2-4-10(11)8-15/h2-7,9,16H,1H3. The first-order valence-corrected chi connectivity index (χ1v) is 6.01. The summed E-state index contributed by atoms with van der Waals surface area (Å²) in [4.78, 5) is 0. The molecular weight excluding hydrogens is 280 g/mol. The molecule has 0 amide bonds. The Morgan fingerprint density at radius 1 is 1.29 bits per heavy atom. The number of rotatable bonds is 3.